The van der Waals surface area contributed by atoms with Crippen LogP contribution in [-0.4, -0.2) is 132 Å². The van der Waals surface area contributed by atoms with Crippen molar-refractivity contribution in [3.05, 3.63) is 129 Å². The number of imide groups is 1. The number of amides is 7. The molecule has 4 aromatic carbocycles. The Morgan fingerprint density at radius 3 is 2.50 bits per heavy atom. The van der Waals surface area contributed by atoms with Crippen molar-refractivity contribution in [3.8, 4) is 12.1 Å². The van der Waals surface area contributed by atoms with E-state index in [-0.39, 0.29) is 74.9 Å². The third-order valence-electron chi connectivity index (χ3n) is 15.0. The van der Waals surface area contributed by atoms with Gasteiger partial charge in [-0.3, -0.25) is 24.5 Å². The molecule has 4 N–H and O–H groups in total. The number of carbonyl (C=O) groups excluding carboxylic acids is 6. The van der Waals surface area contributed by atoms with Crippen LogP contribution in [0.3, 0.4) is 0 Å². The van der Waals surface area contributed by atoms with Gasteiger partial charge < -0.3 is 49.9 Å². The maximum absolute atomic E-state index is 14.0. The van der Waals surface area contributed by atoms with Crippen molar-refractivity contribution in [2.45, 2.75) is 82.8 Å². The molecular formula is C56H58Cl2N12O8. The van der Waals surface area contributed by atoms with Gasteiger partial charge in [0, 0.05) is 96.8 Å². The van der Waals surface area contributed by atoms with E-state index in [4.69, 9.17) is 42.6 Å². The van der Waals surface area contributed by atoms with Gasteiger partial charge in [0.2, 0.25) is 11.8 Å². The van der Waals surface area contributed by atoms with Gasteiger partial charge in [0.15, 0.2) is 0 Å². The van der Waals surface area contributed by atoms with Gasteiger partial charge in [-0.05, 0) is 97.8 Å². The van der Waals surface area contributed by atoms with Crippen LogP contribution in [0.1, 0.15) is 70.4 Å². The highest BCUT2D eigenvalue weighted by Crippen LogP contribution is 2.38. The number of hydrogen-bond acceptors (Lipinski definition) is 14. The molecule has 5 aliphatic heterocycles. The summed E-state index contributed by atoms with van der Waals surface area (Å²) >= 11 is 13.2. The molecule has 404 valence electrons. The summed E-state index contributed by atoms with van der Waals surface area (Å²) in [5, 5.41) is 23.5. The number of carbonyl (C=O) groups is 6. The molecule has 0 bridgehead atoms. The average molecular weight is 1100 g/mol. The maximum Gasteiger partial charge on any atom is 0.407 e. The summed E-state index contributed by atoms with van der Waals surface area (Å²) in [7, 11) is 2.10. The first-order chi connectivity index (χ1) is 37.7. The van der Waals surface area contributed by atoms with Gasteiger partial charge in [0.1, 0.15) is 25.1 Å². The van der Waals surface area contributed by atoms with E-state index in [1.807, 2.05) is 18.2 Å². The number of nitrogens with zero attached hydrogens (tertiary/aromatic N) is 8. The molecule has 3 fully saturated rings. The minimum Gasteiger partial charge on any atom is -0.462 e. The van der Waals surface area contributed by atoms with E-state index in [2.05, 4.69) is 73.9 Å². The largest absolute Gasteiger partial charge is 0.462 e. The zero-order valence-corrected chi connectivity index (χ0v) is 44.5. The second-order valence-corrected chi connectivity index (χ2v) is 21.0. The Morgan fingerprint density at radius 1 is 0.885 bits per heavy atom. The zero-order valence-electron chi connectivity index (χ0n) is 43.0. The van der Waals surface area contributed by atoms with E-state index in [1.165, 1.54) is 4.90 Å². The molecule has 1 unspecified atom stereocenters. The fourth-order valence-electron chi connectivity index (χ4n) is 11.0. The number of piperazine rings is 1. The van der Waals surface area contributed by atoms with Crippen molar-refractivity contribution in [1.82, 2.24) is 40.6 Å². The number of alkyl carbamates (subject to hydrolysis) is 1. The van der Waals surface area contributed by atoms with Crippen LogP contribution in [0.4, 0.5) is 26.8 Å². The van der Waals surface area contributed by atoms with Crippen molar-refractivity contribution >= 4 is 86.9 Å². The lowest BCUT2D eigenvalue weighted by Gasteiger charge is -2.42. The number of nitriles is 1. The van der Waals surface area contributed by atoms with Crippen molar-refractivity contribution in [2.24, 2.45) is 0 Å². The number of likely N-dealkylation sites (N-methyl/N-ethyl adjacent to an activating group) is 1. The van der Waals surface area contributed by atoms with Crippen LogP contribution in [0.2, 0.25) is 10.0 Å². The number of rotatable bonds is 15. The molecule has 3 saturated heterocycles. The highest BCUT2D eigenvalue weighted by atomic mass is 35.5. The van der Waals surface area contributed by atoms with Gasteiger partial charge in [0.25, 0.3) is 11.8 Å². The van der Waals surface area contributed by atoms with Crippen LogP contribution in [-0.2, 0) is 51.7 Å². The van der Waals surface area contributed by atoms with Gasteiger partial charge >= 0.3 is 18.1 Å². The minimum atomic E-state index is -0.820. The Balaban J connectivity index is 0.724. The molecular weight excluding hydrogens is 1040 g/mol. The second kappa shape index (κ2) is 23.3. The van der Waals surface area contributed by atoms with Crippen molar-refractivity contribution in [3.63, 3.8) is 0 Å². The van der Waals surface area contributed by atoms with Gasteiger partial charge in [-0.2, -0.15) is 15.2 Å². The standard InChI is InChI=1S/C56H58Cl2N12O8/c1-33(31-78-56(76)61-27-35-23-38(57)25-39(24-35)62-54(75)60-26-34-11-12-42-37(22-34)28-70(53(42)74)47-13-14-48(71)64-51(47)72)52(73)69-21-20-68(29-40(69)15-17-59)50-43-16-19-67(46-10-4-7-36-6-3-9-44(58)49(36)46)30-45(43)63-55(65-50)77-32-41-8-5-18-66(41)2/h3-4,6-7,9-12,22-25,40-41,47H,1,5,8,13-16,18-21,26-32H2,2H3,(H,61,76)(H2,60,62,75)(H,64,71,72)/t40-,41-,47?/m0/s1. The molecule has 22 heteroatoms. The summed E-state index contributed by atoms with van der Waals surface area (Å²) in [5.41, 5.74) is 5.68. The Kier molecular flexibility index (Phi) is 16.0. The molecule has 20 nitrogen and oxygen atoms in total. The first kappa shape index (κ1) is 53.4. The lowest BCUT2D eigenvalue weighted by molar-refractivity contribution is -0.137. The van der Waals surface area contributed by atoms with Crippen molar-refractivity contribution in [1.29, 1.82) is 5.26 Å². The average Bonchev–Trinajstić information content (AvgIpc) is 4.01. The summed E-state index contributed by atoms with van der Waals surface area (Å²) < 4.78 is 11.8. The first-order valence-corrected chi connectivity index (χ1v) is 26.7. The normalized spacial score (nSPS) is 19.2. The third-order valence-corrected chi connectivity index (χ3v) is 15.5. The molecule has 10 rings (SSSR count). The highest BCUT2D eigenvalue weighted by Gasteiger charge is 2.40. The number of fused-ring (bicyclic) bond motifs is 3. The van der Waals surface area contributed by atoms with Crippen LogP contribution < -0.4 is 35.8 Å². The van der Waals surface area contributed by atoms with E-state index in [9.17, 15) is 34.0 Å². The number of halogens is 2. The Labute approximate surface area is 460 Å². The number of aromatic nitrogens is 2. The van der Waals surface area contributed by atoms with Gasteiger partial charge in [-0.1, -0.05) is 66.2 Å². The number of likely N-dealkylation sites (tertiary alicyclic amines) is 1. The molecule has 78 heavy (non-hydrogen) atoms. The maximum atomic E-state index is 14.0. The first-order valence-electron chi connectivity index (χ1n) is 26.0. The molecule has 3 atom stereocenters. The summed E-state index contributed by atoms with van der Waals surface area (Å²) in [6, 6.07) is 23.0. The number of ether oxygens (including phenoxy) is 2. The summed E-state index contributed by atoms with van der Waals surface area (Å²) in [6.07, 6.45) is 2.40. The number of anilines is 3. The smallest absolute Gasteiger partial charge is 0.407 e. The Hall–Kier alpha value is -7.99. The van der Waals surface area contributed by atoms with Gasteiger partial charge in [-0.15, -0.1) is 0 Å². The predicted molar refractivity (Wildman–Crippen MR) is 292 cm³/mol. The predicted octanol–water partition coefficient (Wildman–Crippen LogP) is 6.47. The van der Waals surface area contributed by atoms with Crippen LogP contribution in [0.15, 0.2) is 84.9 Å². The number of nitrogens with one attached hydrogen (secondary N) is 4. The molecule has 0 saturated carbocycles. The minimum absolute atomic E-state index is 0.0291. The quantitative estimate of drug-likeness (QED) is 0.0650. The van der Waals surface area contributed by atoms with Crippen molar-refractivity contribution in [2.75, 3.05) is 68.1 Å². The molecule has 0 aliphatic carbocycles. The summed E-state index contributed by atoms with van der Waals surface area (Å²) in [4.78, 5) is 96.9. The highest BCUT2D eigenvalue weighted by molar-refractivity contribution is 6.36. The molecule has 0 radical (unpaired) electrons. The number of urea groups is 1. The second-order valence-electron chi connectivity index (χ2n) is 20.2. The molecule has 7 amide bonds. The molecule has 6 heterocycles. The van der Waals surface area contributed by atoms with Crippen LogP contribution in [0, 0.1) is 11.3 Å². The van der Waals surface area contributed by atoms with Crippen molar-refractivity contribution < 1.29 is 38.2 Å². The van der Waals surface area contributed by atoms with E-state index in [0.29, 0.717) is 71.6 Å². The monoisotopic (exact) mass is 1100 g/mol. The van der Waals surface area contributed by atoms with E-state index >= 15 is 0 Å². The fraction of sp³-hybridized carbons (Fsp3) is 0.375. The fourth-order valence-corrected chi connectivity index (χ4v) is 11.5. The molecule has 5 aromatic rings. The molecule has 0 spiro atoms. The number of benzene rings is 4. The summed E-state index contributed by atoms with van der Waals surface area (Å²) in [6.45, 7) is 7.47. The molecule has 1 aromatic heterocycles. The third kappa shape index (κ3) is 11.8. The zero-order chi connectivity index (χ0) is 54.6. The van der Waals surface area contributed by atoms with E-state index in [0.717, 1.165) is 58.5 Å². The number of hydrogen-bond donors (Lipinski definition) is 4. The summed E-state index contributed by atoms with van der Waals surface area (Å²) in [5.74, 6) is -0.852. The van der Waals surface area contributed by atoms with E-state index in [1.54, 1.807) is 41.3 Å². The van der Waals surface area contributed by atoms with Gasteiger partial charge in [0.05, 0.1) is 35.8 Å². The SMILES string of the molecule is C=C(COC(=O)NCc1cc(Cl)cc(NC(=O)NCc2ccc3c(c2)CN(C2CCC(=O)NC2=O)C3=O)c1)C(=O)N1CCN(c2nc(OC[C@@H]3CCCN3C)nc3c2CCN(c2cccc4cccc(Cl)c24)C3)C[C@@H]1CC#N. The Morgan fingerprint density at radius 2 is 1.71 bits per heavy atom. The van der Waals surface area contributed by atoms with Crippen LogP contribution in [0.25, 0.3) is 10.8 Å². The Bertz CT molecular complexity index is 3270. The van der Waals surface area contributed by atoms with E-state index < -0.39 is 42.6 Å². The van der Waals surface area contributed by atoms with Crippen LogP contribution >= 0.6 is 23.2 Å². The van der Waals surface area contributed by atoms with Gasteiger partial charge in [-0.25, -0.2) is 9.59 Å². The van der Waals surface area contributed by atoms with Crippen LogP contribution in [0.5, 0.6) is 6.01 Å². The number of piperidine rings is 1. The molecule has 5 aliphatic rings. The lowest BCUT2D eigenvalue weighted by Crippen LogP contribution is -2.56. The topological polar surface area (TPSA) is 235 Å². The lowest BCUT2D eigenvalue weighted by atomic mass is 10.0.